The van der Waals surface area contributed by atoms with Crippen molar-refractivity contribution in [2.75, 3.05) is 57.4 Å². The van der Waals surface area contributed by atoms with Crippen LogP contribution in [0.3, 0.4) is 0 Å². The Bertz CT molecular complexity index is 933. The molecule has 176 valence electrons. The van der Waals surface area contributed by atoms with Gasteiger partial charge in [0.25, 0.3) is 0 Å². The lowest BCUT2D eigenvalue weighted by Gasteiger charge is -2.34. The van der Waals surface area contributed by atoms with Crippen LogP contribution in [0.4, 0.5) is 5.69 Å². The van der Waals surface area contributed by atoms with Crippen molar-refractivity contribution in [3.05, 3.63) is 23.8 Å². The van der Waals surface area contributed by atoms with Crippen LogP contribution in [-0.2, 0) is 30.7 Å². The Labute approximate surface area is 190 Å². The highest BCUT2D eigenvalue weighted by molar-refractivity contribution is 7.89. The molecule has 5 rings (SSSR count). The van der Waals surface area contributed by atoms with E-state index in [9.17, 15) is 13.2 Å². The molecular formula is C23H33N3O5S. The fraction of sp³-hybridized carbons (Fsp3) is 0.696. The van der Waals surface area contributed by atoms with E-state index in [0.29, 0.717) is 56.6 Å². The van der Waals surface area contributed by atoms with E-state index in [1.54, 1.807) is 16.4 Å². The van der Waals surface area contributed by atoms with E-state index >= 15 is 0 Å². The number of amides is 1. The first-order valence-corrected chi connectivity index (χ1v) is 13.4. The third-order valence-electron chi connectivity index (χ3n) is 7.22. The minimum Gasteiger partial charge on any atom is -0.350 e. The van der Waals surface area contributed by atoms with Gasteiger partial charge in [0.05, 0.1) is 24.7 Å². The second kappa shape index (κ2) is 9.38. The van der Waals surface area contributed by atoms with Crippen molar-refractivity contribution >= 4 is 21.6 Å². The molecule has 1 aromatic carbocycles. The first kappa shape index (κ1) is 22.3. The summed E-state index contributed by atoms with van der Waals surface area (Å²) in [5.41, 5.74) is 1.81. The van der Waals surface area contributed by atoms with Crippen LogP contribution in [-0.4, -0.2) is 82.3 Å². The van der Waals surface area contributed by atoms with Gasteiger partial charge in [-0.25, -0.2) is 8.42 Å². The maximum Gasteiger partial charge on any atom is 0.243 e. The molecular weight excluding hydrogens is 430 g/mol. The predicted molar refractivity (Wildman–Crippen MR) is 120 cm³/mol. The van der Waals surface area contributed by atoms with E-state index in [2.05, 4.69) is 4.90 Å². The molecule has 4 aliphatic heterocycles. The summed E-state index contributed by atoms with van der Waals surface area (Å²) >= 11 is 0. The molecule has 32 heavy (non-hydrogen) atoms. The van der Waals surface area contributed by atoms with E-state index in [1.165, 1.54) is 0 Å². The van der Waals surface area contributed by atoms with Crippen molar-refractivity contribution in [2.24, 2.45) is 5.92 Å². The quantitative estimate of drug-likeness (QED) is 0.663. The molecule has 9 heteroatoms. The zero-order valence-corrected chi connectivity index (χ0v) is 19.4. The summed E-state index contributed by atoms with van der Waals surface area (Å²) in [6.45, 7) is 5.30. The molecule has 3 saturated heterocycles. The monoisotopic (exact) mass is 463 g/mol. The molecule has 0 unspecified atom stereocenters. The molecule has 4 aliphatic rings. The van der Waals surface area contributed by atoms with Crippen LogP contribution in [0, 0.1) is 5.92 Å². The SMILES string of the molecule is O=C(CN1CCC(C2OCCO2)CC1)N1CCc2cc(S(=O)(=O)N3CCCCC3)ccc21. The molecule has 1 aromatic rings. The number of carbonyl (C=O) groups excluding carboxylic acids is 1. The molecule has 0 aliphatic carbocycles. The molecule has 0 saturated carbocycles. The third kappa shape index (κ3) is 4.46. The van der Waals surface area contributed by atoms with E-state index in [0.717, 1.165) is 56.4 Å². The number of sulfonamides is 1. The van der Waals surface area contributed by atoms with Crippen LogP contribution in [0.1, 0.15) is 37.7 Å². The maximum atomic E-state index is 13.1. The molecule has 4 heterocycles. The number of carbonyl (C=O) groups is 1. The molecule has 0 bridgehead atoms. The lowest BCUT2D eigenvalue weighted by Crippen LogP contribution is -2.44. The number of nitrogens with zero attached hydrogens (tertiary/aromatic N) is 3. The number of fused-ring (bicyclic) bond motifs is 1. The fourth-order valence-electron chi connectivity index (χ4n) is 5.36. The average Bonchev–Trinajstić information content (AvgIpc) is 3.50. The summed E-state index contributed by atoms with van der Waals surface area (Å²) in [4.78, 5) is 17.4. The largest absolute Gasteiger partial charge is 0.350 e. The van der Waals surface area contributed by atoms with Gasteiger partial charge in [0, 0.05) is 31.2 Å². The molecule has 0 spiro atoms. The van der Waals surface area contributed by atoms with Crippen molar-refractivity contribution in [2.45, 2.75) is 49.7 Å². The van der Waals surface area contributed by atoms with Gasteiger partial charge in [-0.3, -0.25) is 9.69 Å². The number of benzene rings is 1. The number of likely N-dealkylation sites (tertiary alicyclic amines) is 1. The maximum absolute atomic E-state index is 13.1. The Morgan fingerprint density at radius 2 is 1.69 bits per heavy atom. The highest BCUT2D eigenvalue weighted by Gasteiger charge is 2.33. The van der Waals surface area contributed by atoms with Gasteiger partial charge in [-0.05, 0) is 69.0 Å². The molecule has 0 aromatic heterocycles. The van der Waals surface area contributed by atoms with Gasteiger partial charge in [0.15, 0.2) is 6.29 Å². The number of hydrogen-bond donors (Lipinski definition) is 0. The molecule has 0 radical (unpaired) electrons. The predicted octanol–water partition coefficient (Wildman–Crippen LogP) is 1.84. The van der Waals surface area contributed by atoms with Crippen molar-refractivity contribution in [1.29, 1.82) is 0 Å². The summed E-state index contributed by atoms with van der Waals surface area (Å²) < 4.78 is 38.9. The van der Waals surface area contributed by atoms with E-state index in [1.807, 2.05) is 11.0 Å². The lowest BCUT2D eigenvalue weighted by molar-refractivity contribution is -0.121. The second-order valence-electron chi connectivity index (χ2n) is 9.27. The smallest absolute Gasteiger partial charge is 0.243 e. The molecule has 8 nitrogen and oxygen atoms in total. The van der Waals surface area contributed by atoms with Crippen LogP contribution in [0.25, 0.3) is 0 Å². The highest BCUT2D eigenvalue weighted by Crippen LogP contribution is 2.32. The summed E-state index contributed by atoms with van der Waals surface area (Å²) in [5, 5.41) is 0. The Hall–Kier alpha value is -1.52. The zero-order valence-electron chi connectivity index (χ0n) is 18.6. The molecule has 1 amide bonds. The Morgan fingerprint density at radius 1 is 0.969 bits per heavy atom. The van der Waals surface area contributed by atoms with Gasteiger partial charge in [0.1, 0.15) is 0 Å². The lowest BCUT2D eigenvalue weighted by atomic mass is 9.96. The second-order valence-corrected chi connectivity index (χ2v) is 11.2. The number of piperidine rings is 2. The number of rotatable bonds is 5. The zero-order chi connectivity index (χ0) is 22.1. The van der Waals surface area contributed by atoms with Crippen molar-refractivity contribution < 1.29 is 22.7 Å². The number of hydrogen-bond acceptors (Lipinski definition) is 6. The fourth-order valence-corrected chi connectivity index (χ4v) is 6.93. The van der Waals surface area contributed by atoms with E-state index < -0.39 is 10.0 Å². The minimum atomic E-state index is -3.46. The van der Waals surface area contributed by atoms with Crippen LogP contribution >= 0.6 is 0 Å². The van der Waals surface area contributed by atoms with Gasteiger partial charge < -0.3 is 14.4 Å². The number of ether oxygens (including phenoxy) is 2. The van der Waals surface area contributed by atoms with Crippen LogP contribution in [0.5, 0.6) is 0 Å². The van der Waals surface area contributed by atoms with Crippen LogP contribution < -0.4 is 4.90 Å². The summed E-state index contributed by atoms with van der Waals surface area (Å²) in [6.07, 6.45) is 5.51. The van der Waals surface area contributed by atoms with Gasteiger partial charge in [-0.15, -0.1) is 0 Å². The summed E-state index contributed by atoms with van der Waals surface area (Å²) in [6, 6.07) is 5.26. The third-order valence-corrected chi connectivity index (χ3v) is 9.12. The average molecular weight is 464 g/mol. The standard InChI is InChI=1S/C23H33N3O5S/c27-22(17-24-11-6-18(7-12-24)23-30-14-15-31-23)26-13-8-19-16-20(4-5-21(19)26)32(28,29)25-9-2-1-3-10-25/h4-5,16,18,23H,1-3,6-15,17H2. The topological polar surface area (TPSA) is 79.4 Å². The van der Waals surface area contributed by atoms with Crippen molar-refractivity contribution in [1.82, 2.24) is 9.21 Å². The van der Waals surface area contributed by atoms with Crippen molar-refractivity contribution in [3.8, 4) is 0 Å². The first-order valence-electron chi connectivity index (χ1n) is 11.9. The molecule has 0 N–H and O–H groups in total. The normalized spacial score (nSPS) is 24.2. The Balaban J connectivity index is 1.20. The minimum absolute atomic E-state index is 0.0753. The Morgan fingerprint density at radius 3 is 2.41 bits per heavy atom. The summed E-state index contributed by atoms with van der Waals surface area (Å²) in [7, 11) is -3.46. The molecule has 3 fully saturated rings. The summed E-state index contributed by atoms with van der Waals surface area (Å²) in [5.74, 6) is 0.499. The van der Waals surface area contributed by atoms with Crippen molar-refractivity contribution in [3.63, 3.8) is 0 Å². The van der Waals surface area contributed by atoms with Crippen LogP contribution in [0.15, 0.2) is 23.1 Å². The van der Waals surface area contributed by atoms with Gasteiger partial charge >= 0.3 is 0 Å². The van der Waals surface area contributed by atoms with E-state index in [4.69, 9.17) is 9.47 Å². The van der Waals surface area contributed by atoms with Gasteiger partial charge in [-0.1, -0.05) is 6.42 Å². The van der Waals surface area contributed by atoms with Gasteiger partial charge in [-0.2, -0.15) is 4.31 Å². The first-order chi connectivity index (χ1) is 15.5. The Kier molecular flexibility index (Phi) is 6.53. The van der Waals surface area contributed by atoms with Crippen LogP contribution in [0.2, 0.25) is 0 Å². The highest BCUT2D eigenvalue weighted by atomic mass is 32.2. The number of anilines is 1. The van der Waals surface area contributed by atoms with E-state index in [-0.39, 0.29) is 12.2 Å². The molecule has 0 atom stereocenters. The van der Waals surface area contributed by atoms with Gasteiger partial charge in [0.2, 0.25) is 15.9 Å².